The van der Waals surface area contributed by atoms with Crippen molar-refractivity contribution in [3.05, 3.63) is 0 Å². The molecular weight excluding hydrogens is 208 g/mol. The fraction of sp³-hybridized carbons (Fsp3) is 0.900. The molecule has 0 aromatic heterocycles. The Morgan fingerprint density at radius 3 is 1.94 bits per heavy atom. The van der Waals surface area contributed by atoms with E-state index in [0.717, 1.165) is 0 Å². The molecule has 0 aliphatic carbocycles. The average molecular weight is 230 g/mol. The third-order valence-corrected chi connectivity index (χ3v) is 2.26. The molecule has 16 heavy (non-hydrogen) atoms. The third-order valence-electron chi connectivity index (χ3n) is 2.26. The van der Waals surface area contributed by atoms with Crippen molar-refractivity contribution in [2.24, 2.45) is 0 Å². The second-order valence-corrected chi connectivity index (χ2v) is 4.32. The number of rotatable bonds is 4. The topological polar surface area (TPSA) is 56.8 Å². The van der Waals surface area contributed by atoms with Gasteiger partial charge in [-0.15, -0.1) is 0 Å². The van der Waals surface area contributed by atoms with Gasteiger partial charge in [-0.05, 0) is 34.6 Å². The Kier molecular flexibility index (Phi) is 4.67. The molecular formula is C10H22N4O2. The van der Waals surface area contributed by atoms with Crippen LogP contribution < -0.4 is 10.9 Å². The highest BCUT2D eigenvalue weighted by Gasteiger charge is 2.36. The summed E-state index contributed by atoms with van der Waals surface area (Å²) < 4.78 is 4.96. The molecule has 1 fully saturated rings. The largest absolute Gasteiger partial charge is 0.464 e. The van der Waals surface area contributed by atoms with Crippen LogP contribution in [-0.4, -0.2) is 41.1 Å². The van der Waals surface area contributed by atoms with Gasteiger partial charge in [-0.3, -0.25) is 0 Å². The van der Waals surface area contributed by atoms with Gasteiger partial charge in [-0.25, -0.2) is 15.6 Å². The van der Waals surface area contributed by atoms with Gasteiger partial charge in [0, 0.05) is 12.1 Å². The minimum atomic E-state index is -0.496. The van der Waals surface area contributed by atoms with Gasteiger partial charge in [0.25, 0.3) is 0 Å². The van der Waals surface area contributed by atoms with E-state index in [4.69, 9.17) is 4.74 Å². The highest BCUT2D eigenvalue weighted by molar-refractivity contribution is 5.75. The number of nitrogens with one attached hydrogen (secondary N) is 2. The lowest BCUT2D eigenvalue weighted by Crippen LogP contribution is -2.51. The summed E-state index contributed by atoms with van der Waals surface area (Å²) in [6.45, 7) is 10.4. The number of nitrogens with zero attached hydrogens (tertiary/aromatic N) is 2. The van der Waals surface area contributed by atoms with Crippen molar-refractivity contribution in [2.45, 2.75) is 52.9 Å². The van der Waals surface area contributed by atoms with Crippen molar-refractivity contribution in [2.75, 3.05) is 6.61 Å². The first-order chi connectivity index (χ1) is 7.47. The summed E-state index contributed by atoms with van der Waals surface area (Å²) in [5.41, 5.74) is 6.16. The zero-order valence-corrected chi connectivity index (χ0v) is 10.7. The fourth-order valence-corrected chi connectivity index (χ4v) is 1.54. The van der Waals surface area contributed by atoms with Crippen LogP contribution in [0, 0.1) is 0 Å². The quantitative estimate of drug-likeness (QED) is 0.675. The van der Waals surface area contributed by atoms with Gasteiger partial charge in [0.15, 0.2) is 6.17 Å². The Hall–Kier alpha value is -0.690. The molecule has 0 aromatic carbocycles. The van der Waals surface area contributed by atoms with Crippen LogP contribution >= 0.6 is 0 Å². The van der Waals surface area contributed by atoms with E-state index in [0.29, 0.717) is 6.61 Å². The van der Waals surface area contributed by atoms with Crippen LogP contribution in [-0.2, 0) is 9.53 Å². The van der Waals surface area contributed by atoms with Gasteiger partial charge < -0.3 is 4.74 Å². The molecule has 0 amide bonds. The molecule has 0 saturated carbocycles. The molecule has 0 unspecified atom stereocenters. The zero-order valence-electron chi connectivity index (χ0n) is 10.7. The Labute approximate surface area is 96.8 Å². The van der Waals surface area contributed by atoms with Crippen molar-refractivity contribution in [1.82, 2.24) is 21.1 Å². The van der Waals surface area contributed by atoms with Crippen molar-refractivity contribution in [3.63, 3.8) is 0 Å². The van der Waals surface area contributed by atoms with Crippen LogP contribution in [0.1, 0.15) is 34.6 Å². The summed E-state index contributed by atoms with van der Waals surface area (Å²) in [5, 5.41) is 3.82. The lowest BCUT2D eigenvalue weighted by Gasteiger charge is -2.31. The molecule has 0 radical (unpaired) electrons. The molecule has 0 atom stereocenters. The van der Waals surface area contributed by atoms with E-state index in [9.17, 15) is 4.79 Å². The fourth-order valence-electron chi connectivity index (χ4n) is 1.54. The zero-order chi connectivity index (χ0) is 12.3. The molecule has 0 bridgehead atoms. The van der Waals surface area contributed by atoms with Crippen molar-refractivity contribution in [3.8, 4) is 0 Å². The summed E-state index contributed by atoms with van der Waals surface area (Å²) in [4.78, 5) is 11.6. The number of ether oxygens (including phenoxy) is 1. The van der Waals surface area contributed by atoms with Crippen molar-refractivity contribution in [1.29, 1.82) is 0 Å². The molecule has 0 spiro atoms. The first kappa shape index (κ1) is 13.4. The highest BCUT2D eigenvalue weighted by Crippen LogP contribution is 2.10. The molecule has 1 aliphatic heterocycles. The second kappa shape index (κ2) is 5.58. The summed E-state index contributed by atoms with van der Waals surface area (Å²) in [5.74, 6) is -0.281. The van der Waals surface area contributed by atoms with Gasteiger partial charge in [0.1, 0.15) is 0 Å². The predicted octanol–water partition coefficient (Wildman–Crippen LogP) is 0.234. The van der Waals surface area contributed by atoms with E-state index in [1.807, 2.05) is 10.2 Å². The number of esters is 1. The van der Waals surface area contributed by atoms with E-state index in [2.05, 4.69) is 38.5 Å². The number of carbonyl (C=O) groups excluding carboxylic acids is 1. The number of hydrogen-bond donors (Lipinski definition) is 2. The van der Waals surface area contributed by atoms with Gasteiger partial charge in [0.05, 0.1) is 6.61 Å². The molecule has 6 heteroatoms. The molecule has 1 heterocycles. The van der Waals surface area contributed by atoms with Crippen molar-refractivity contribution >= 4 is 5.97 Å². The van der Waals surface area contributed by atoms with E-state index in [1.54, 1.807) is 6.92 Å². The van der Waals surface area contributed by atoms with Crippen LogP contribution in [0.5, 0.6) is 0 Å². The van der Waals surface area contributed by atoms with Gasteiger partial charge in [-0.2, -0.15) is 10.2 Å². The predicted molar refractivity (Wildman–Crippen MR) is 60.6 cm³/mol. The molecule has 0 aromatic rings. The first-order valence-electron chi connectivity index (χ1n) is 5.74. The number of hydrogen-bond acceptors (Lipinski definition) is 6. The first-order valence-corrected chi connectivity index (χ1v) is 5.74. The summed E-state index contributed by atoms with van der Waals surface area (Å²) in [6, 6.07) is 0.517. The van der Waals surface area contributed by atoms with Crippen LogP contribution in [0.3, 0.4) is 0 Å². The number of hydrazine groups is 3. The average Bonchev–Trinajstić information content (AvgIpc) is 2.62. The third kappa shape index (κ3) is 2.91. The molecule has 2 N–H and O–H groups in total. The number of carbonyl (C=O) groups is 1. The Bertz CT molecular complexity index is 229. The van der Waals surface area contributed by atoms with E-state index >= 15 is 0 Å². The minimum absolute atomic E-state index is 0.259. The van der Waals surface area contributed by atoms with Crippen LogP contribution in [0.4, 0.5) is 0 Å². The van der Waals surface area contributed by atoms with Gasteiger partial charge >= 0.3 is 5.97 Å². The minimum Gasteiger partial charge on any atom is -0.464 e. The standard InChI is InChI=1S/C10H22N4O2/c1-6-16-10(15)9-11-13(7(2)3)14(12-9)8(4)5/h7-9,11-12H,6H2,1-5H3. The van der Waals surface area contributed by atoms with Crippen molar-refractivity contribution < 1.29 is 9.53 Å². The SMILES string of the molecule is CCOC(=O)C1NN(C(C)C)N(C(C)C)N1. The maximum Gasteiger partial charge on any atom is 0.340 e. The van der Waals surface area contributed by atoms with Crippen LogP contribution in [0.2, 0.25) is 0 Å². The van der Waals surface area contributed by atoms with E-state index in [1.165, 1.54) is 0 Å². The highest BCUT2D eigenvalue weighted by atomic mass is 16.5. The normalized spacial score (nSPS) is 19.9. The molecule has 6 nitrogen and oxygen atoms in total. The van der Waals surface area contributed by atoms with Gasteiger partial charge in [-0.1, -0.05) is 0 Å². The van der Waals surface area contributed by atoms with E-state index < -0.39 is 6.17 Å². The summed E-state index contributed by atoms with van der Waals surface area (Å²) in [7, 11) is 0. The van der Waals surface area contributed by atoms with E-state index in [-0.39, 0.29) is 18.1 Å². The van der Waals surface area contributed by atoms with Crippen LogP contribution in [0.25, 0.3) is 0 Å². The maximum absolute atomic E-state index is 11.6. The Morgan fingerprint density at radius 1 is 1.19 bits per heavy atom. The Morgan fingerprint density at radius 2 is 1.62 bits per heavy atom. The summed E-state index contributed by atoms with van der Waals surface area (Å²) >= 11 is 0. The van der Waals surface area contributed by atoms with Gasteiger partial charge in [0.2, 0.25) is 0 Å². The second-order valence-electron chi connectivity index (χ2n) is 4.32. The Balaban J connectivity index is 2.65. The smallest absolute Gasteiger partial charge is 0.340 e. The molecule has 94 valence electrons. The summed E-state index contributed by atoms with van der Waals surface area (Å²) in [6.07, 6.45) is -0.496. The monoisotopic (exact) mass is 230 g/mol. The molecule has 1 saturated heterocycles. The molecule has 1 aliphatic rings. The lowest BCUT2D eigenvalue weighted by molar-refractivity contribution is -0.146. The maximum atomic E-state index is 11.6. The lowest BCUT2D eigenvalue weighted by atomic mass is 10.4. The van der Waals surface area contributed by atoms with Crippen LogP contribution in [0.15, 0.2) is 0 Å². The molecule has 1 rings (SSSR count).